The van der Waals surface area contributed by atoms with Crippen LogP contribution < -0.4 is 19.6 Å². The highest BCUT2D eigenvalue weighted by molar-refractivity contribution is 6.30. The quantitative estimate of drug-likeness (QED) is 0.0705. The van der Waals surface area contributed by atoms with E-state index in [1.807, 2.05) is 24.3 Å². The van der Waals surface area contributed by atoms with Crippen LogP contribution in [-0.2, 0) is 0 Å². The van der Waals surface area contributed by atoms with Crippen LogP contribution in [0, 0.1) is 94.7 Å². The Morgan fingerprint density at radius 1 is 0.130 bits per heavy atom. The molecule has 0 aliphatic rings. The second kappa shape index (κ2) is 38.4. The van der Waals surface area contributed by atoms with Crippen molar-refractivity contribution in [2.75, 3.05) is 19.6 Å². The second-order valence-electron chi connectivity index (χ2n) is 40.2. The summed E-state index contributed by atoms with van der Waals surface area (Å²) in [7, 11) is 0. The molecule has 146 heavy (non-hydrogen) atoms. The molecule has 0 aromatic heterocycles. The SMILES string of the molecule is Cc1cccc(-c2cc(-c3cccc(C)c3)cc(N(c3cc(C)cc(C)c3)c3ccc4ccc5c(N(c6cc(C)cc(C)c6)c6cc(-c7cccc(C)c7)cc(-c7cccc(C)c7)c6)ccc6ccc3c4c65)c2)c1.Cc1cccc(-c2cc(-c3cccc(C)c3)cc(N(c3ccc(F)cc3)c3ccc4ccc5c(N(c6ccc(F)cc6)c6cc(-c7cccc(C)c7)cc(-c7cccc(C)c7)c6)ccc6ccc3c4c65)c2)c1. The minimum atomic E-state index is -0.295. The molecule has 0 aliphatic heterocycles. The summed E-state index contributed by atoms with van der Waals surface area (Å²) < 4.78 is 29.8. The molecule has 0 amide bonds. The van der Waals surface area contributed by atoms with Gasteiger partial charge in [0.2, 0.25) is 0 Å². The van der Waals surface area contributed by atoms with Crippen LogP contribution in [0.15, 0.2) is 449 Å². The zero-order chi connectivity index (χ0) is 99.8. The third-order valence-electron chi connectivity index (χ3n) is 28.8. The summed E-state index contributed by atoms with van der Waals surface area (Å²) in [4.78, 5) is 9.58. The number of aryl methyl sites for hydroxylation is 12. The van der Waals surface area contributed by atoms with Gasteiger partial charge in [-0.05, 0) is 407 Å². The molecule has 0 aliphatic carbocycles. The van der Waals surface area contributed by atoms with Crippen molar-refractivity contribution in [2.45, 2.75) is 83.1 Å². The summed E-state index contributed by atoms with van der Waals surface area (Å²) in [5.41, 5.74) is 45.2. The third kappa shape index (κ3) is 18.2. The van der Waals surface area contributed by atoms with Gasteiger partial charge in [-0.2, -0.15) is 0 Å². The largest absolute Gasteiger partial charge is 0.310 e. The molecule has 4 nitrogen and oxygen atoms in total. The van der Waals surface area contributed by atoms with Gasteiger partial charge in [0, 0.05) is 67.0 Å². The lowest BCUT2D eigenvalue weighted by molar-refractivity contribution is 0.627. The molecule has 0 radical (unpaired) electrons. The molecule has 704 valence electrons. The normalized spacial score (nSPS) is 11.5. The number of hydrogen-bond donors (Lipinski definition) is 0. The van der Waals surface area contributed by atoms with Gasteiger partial charge in [-0.25, -0.2) is 8.78 Å². The zero-order valence-electron chi connectivity index (χ0n) is 84.3. The van der Waals surface area contributed by atoms with Crippen LogP contribution in [-0.4, -0.2) is 0 Å². The highest BCUT2D eigenvalue weighted by Gasteiger charge is 2.29. The first-order valence-corrected chi connectivity index (χ1v) is 50.5. The Bertz CT molecular complexity index is 8380. The molecule has 24 rings (SSSR count). The van der Waals surface area contributed by atoms with E-state index in [2.05, 4.69) is 503 Å². The predicted octanol–water partition coefficient (Wildman–Crippen LogP) is 40.4. The Morgan fingerprint density at radius 3 is 0.486 bits per heavy atom. The Kier molecular flexibility index (Phi) is 24.2. The topological polar surface area (TPSA) is 13.0 Å². The third-order valence-corrected chi connectivity index (χ3v) is 28.8. The first-order valence-electron chi connectivity index (χ1n) is 50.5. The van der Waals surface area contributed by atoms with Crippen LogP contribution >= 0.6 is 0 Å². The predicted molar refractivity (Wildman–Crippen MR) is 619 cm³/mol. The smallest absolute Gasteiger partial charge is 0.123 e. The summed E-state index contributed by atoms with van der Waals surface area (Å²) >= 11 is 0. The highest BCUT2D eigenvalue weighted by atomic mass is 19.1. The van der Waals surface area contributed by atoms with Gasteiger partial charge in [-0.3, -0.25) is 0 Å². The van der Waals surface area contributed by atoms with E-state index in [4.69, 9.17) is 0 Å². The summed E-state index contributed by atoms with van der Waals surface area (Å²) in [6.45, 7) is 26.1. The highest BCUT2D eigenvalue weighted by Crippen LogP contribution is 2.54. The maximum absolute atomic E-state index is 14.9. The van der Waals surface area contributed by atoms with Crippen molar-refractivity contribution < 1.29 is 8.78 Å². The van der Waals surface area contributed by atoms with E-state index in [9.17, 15) is 8.78 Å². The lowest BCUT2D eigenvalue weighted by atomic mass is 9.91. The van der Waals surface area contributed by atoms with Crippen molar-refractivity contribution in [1.29, 1.82) is 0 Å². The Labute approximate surface area is 854 Å². The minimum Gasteiger partial charge on any atom is -0.310 e. The summed E-state index contributed by atoms with van der Waals surface area (Å²) in [5, 5.41) is 13.9. The van der Waals surface area contributed by atoms with Crippen molar-refractivity contribution in [3.8, 4) is 89.0 Å². The molecule has 0 spiro atoms. The minimum absolute atomic E-state index is 0.295. The average Bonchev–Trinajstić information content (AvgIpc) is 0.720. The molecule has 0 heterocycles. The van der Waals surface area contributed by atoms with E-state index < -0.39 is 0 Å². The van der Waals surface area contributed by atoms with E-state index in [1.54, 1.807) is 24.3 Å². The summed E-state index contributed by atoms with van der Waals surface area (Å²) in [5.74, 6) is -0.589. The molecule has 6 heteroatoms. The molecule has 0 bridgehead atoms. The molecule has 24 aromatic rings. The van der Waals surface area contributed by atoms with E-state index in [0.29, 0.717) is 0 Å². The van der Waals surface area contributed by atoms with Gasteiger partial charge < -0.3 is 19.6 Å². The number of halogens is 2. The lowest BCUT2D eigenvalue weighted by Gasteiger charge is -2.31. The summed E-state index contributed by atoms with van der Waals surface area (Å²) in [6.07, 6.45) is 0. The maximum atomic E-state index is 14.9. The fourth-order valence-corrected chi connectivity index (χ4v) is 22.3. The fraction of sp³-hybridized carbons (Fsp3) is 0.0857. The van der Waals surface area contributed by atoms with Gasteiger partial charge >= 0.3 is 0 Å². The number of benzene rings is 24. The monoisotopic (exact) mass is 1880 g/mol. The van der Waals surface area contributed by atoms with Gasteiger partial charge in [-0.15, -0.1) is 0 Å². The van der Waals surface area contributed by atoms with E-state index >= 15 is 0 Å². The molecule has 0 fully saturated rings. The van der Waals surface area contributed by atoms with Crippen molar-refractivity contribution >= 4 is 133 Å². The van der Waals surface area contributed by atoms with Crippen molar-refractivity contribution in [1.82, 2.24) is 0 Å². The van der Waals surface area contributed by atoms with Crippen LogP contribution in [0.1, 0.15) is 66.8 Å². The second-order valence-corrected chi connectivity index (χ2v) is 40.2. The Morgan fingerprint density at radius 2 is 0.301 bits per heavy atom. The Balaban J connectivity index is 0.000000161. The van der Waals surface area contributed by atoms with Gasteiger partial charge in [-0.1, -0.05) is 324 Å². The van der Waals surface area contributed by atoms with E-state index in [-0.39, 0.29) is 11.6 Å². The van der Waals surface area contributed by atoms with Crippen LogP contribution in [0.2, 0.25) is 0 Å². The van der Waals surface area contributed by atoms with Crippen LogP contribution in [0.5, 0.6) is 0 Å². The van der Waals surface area contributed by atoms with E-state index in [1.165, 1.54) is 144 Å². The molecule has 0 saturated carbocycles. The standard InChI is InChI=1S/C72H60N2.C68H50F2N2/c1-45-13-9-17-55(31-45)59-39-60(56-18-10-14-46(2)32-56)42-65(41-59)73(63-35-49(5)29-50(6)36-63)69-27-23-53-22-26-68-70(28-24-54-21-25-67(69)71(53)72(54)68)74(64-37-51(7)30-52(8)38-64)66-43-61(57-19-11-15-47(3)33-57)40-62(44-66)58-20-12-16-48(4)34-58;1-43-9-5-13-49(33-43)53-37-54(50-14-6-10-44(2)34-50)40-61(39-53)71(59-25-21-57(69)22-26-59)65-31-19-47-18-30-64-66(32-20-48-17-29-63(65)67(47)68(48)64)72(60-27-23-58(70)24-28-60)62-41-55(51-15-7-11-45(3)35-51)38-56(42-62)52-16-8-12-46(4)36-52/h9-44H,1-8H3;5-42H,1-4H3. The van der Waals surface area contributed by atoms with Crippen molar-refractivity contribution in [2.24, 2.45) is 0 Å². The van der Waals surface area contributed by atoms with Gasteiger partial charge in [0.25, 0.3) is 0 Å². The first kappa shape index (κ1) is 92.2. The van der Waals surface area contributed by atoms with Gasteiger partial charge in [0.1, 0.15) is 11.6 Å². The van der Waals surface area contributed by atoms with Crippen LogP contribution in [0.3, 0.4) is 0 Å². The zero-order valence-corrected chi connectivity index (χ0v) is 84.3. The molecule has 0 atom stereocenters. The number of nitrogens with zero attached hydrogens (tertiary/aromatic N) is 4. The van der Waals surface area contributed by atoms with Crippen molar-refractivity contribution in [3.05, 3.63) is 527 Å². The molecule has 24 aromatic carbocycles. The number of anilines is 12. The van der Waals surface area contributed by atoms with Crippen LogP contribution in [0.4, 0.5) is 77.0 Å². The average molecular weight is 1890 g/mol. The molecular weight excluding hydrogens is 1780 g/mol. The Hall–Kier alpha value is -17.6. The van der Waals surface area contributed by atoms with Gasteiger partial charge in [0.15, 0.2) is 0 Å². The summed E-state index contributed by atoms with van der Waals surface area (Å²) in [6, 6.07) is 162. The first-order chi connectivity index (χ1) is 71.0. The molecule has 0 N–H and O–H groups in total. The maximum Gasteiger partial charge on any atom is 0.123 e. The number of hydrogen-bond acceptors (Lipinski definition) is 4. The molecule has 0 saturated heterocycles. The van der Waals surface area contributed by atoms with E-state index in [0.717, 1.165) is 145 Å². The molecule has 0 unspecified atom stereocenters. The molecular formula is C140H110F2N4. The lowest BCUT2D eigenvalue weighted by Crippen LogP contribution is -2.12. The fourth-order valence-electron chi connectivity index (χ4n) is 22.3. The van der Waals surface area contributed by atoms with Crippen molar-refractivity contribution in [3.63, 3.8) is 0 Å². The van der Waals surface area contributed by atoms with Gasteiger partial charge in [0.05, 0.1) is 22.7 Å². The number of rotatable bonds is 20. The van der Waals surface area contributed by atoms with Crippen LogP contribution in [0.25, 0.3) is 154 Å².